The number of alkyl halides is 4. The molecule has 4 rings (SSSR count). The van der Waals surface area contributed by atoms with E-state index in [-0.39, 0.29) is 41.4 Å². The van der Waals surface area contributed by atoms with Gasteiger partial charge in [0.25, 0.3) is 0 Å². The highest BCUT2D eigenvalue weighted by atomic mass is 32.2. The van der Waals surface area contributed by atoms with Crippen LogP contribution in [-0.2, 0) is 32.8 Å². The summed E-state index contributed by atoms with van der Waals surface area (Å²) in [4.78, 5) is 38.4. The molecule has 41 heavy (non-hydrogen) atoms. The van der Waals surface area contributed by atoms with Crippen molar-refractivity contribution in [3.05, 3.63) is 65.1 Å². The average Bonchev–Trinajstić information content (AvgIpc) is 3.44. The van der Waals surface area contributed by atoms with E-state index in [2.05, 4.69) is 9.50 Å². The van der Waals surface area contributed by atoms with Crippen molar-refractivity contribution in [3.8, 4) is 5.75 Å². The molecule has 1 unspecified atom stereocenters. The van der Waals surface area contributed by atoms with E-state index >= 15 is 0 Å². The van der Waals surface area contributed by atoms with Crippen molar-refractivity contribution >= 4 is 38.5 Å². The highest BCUT2D eigenvalue weighted by Gasteiger charge is 2.48. The van der Waals surface area contributed by atoms with Gasteiger partial charge in [0.1, 0.15) is 17.7 Å². The zero-order valence-corrected chi connectivity index (χ0v) is 22.6. The van der Waals surface area contributed by atoms with Crippen LogP contribution in [0.3, 0.4) is 0 Å². The third kappa shape index (κ3) is 6.26. The summed E-state index contributed by atoms with van der Waals surface area (Å²) in [6.45, 7) is 2.18. The SMILES string of the molecule is CC(=O)c1cn(CC(=O)C2C[C@H](F)C[C@H]2C(=O)NCc2cccc(C)c2F)c2ccc(OS(=O)(=O)C(F)(F)F)cc12. The lowest BCUT2D eigenvalue weighted by molar-refractivity contribution is -0.132. The quantitative estimate of drug-likeness (QED) is 0.164. The molecule has 1 fully saturated rings. The van der Waals surface area contributed by atoms with Crippen LogP contribution >= 0.6 is 0 Å². The number of carbonyl (C=O) groups excluding carboxylic acids is 3. The molecule has 0 spiro atoms. The summed E-state index contributed by atoms with van der Waals surface area (Å²) < 4.78 is 95.2. The summed E-state index contributed by atoms with van der Waals surface area (Å²) >= 11 is 0. The van der Waals surface area contributed by atoms with Gasteiger partial charge in [-0.25, -0.2) is 8.78 Å². The van der Waals surface area contributed by atoms with Gasteiger partial charge < -0.3 is 14.1 Å². The Bertz CT molecular complexity index is 1630. The van der Waals surface area contributed by atoms with E-state index in [1.54, 1.807) is 19.1 Å². The summed E-state index contributed by atoms with van der Waals surface area (Å²) in [5, 5.41) is 2.60. The van der Waals surface area contributed by atoms with Gasteiger partial charge in [0.05, 0.1) is 12.5 Å². The molecule has 0 radical (unpaired) electrons. The average molecular weight is 601 g/mol. The lowest BCUT2D eigenvalue weighted by Gasteiger charge is -2.19. The van der Waals surface area contributed by atoms with Gasteiger partial charge in [0.2, 0.25) is 5.91 Å². The van der Waals surface area contributed by atoms with Gasteiger partial charge in [-0.3, -0.25) is 14.4 Å². The Labute approximate surface area is 231 Å². The van der Waals surface area contributed by atoms with Crippen LogP contribution in [0, 0.1) is 24.6 Å². The van der Waals surface area contributed by atoms with Crippen molar-refractivity contribution in [1.82, 2.24) is 9.88 Å². The van der Waals surface area contributed by atoms with Gasteiger partial charge in [0, 0.05) is 40.7 Å². The number of amides is 1. The smallest absolute Gasteiger partial charge is 0.376 e. The summed E-state index contributed by atoms with van der Waals surface area (Å²) in [7, 11) is -5.96. The Balaban J connectivity index is 1.55. The predicted molar refractivity (Wildman–Crippen MR) is 137 cm³/mol. The van der Waals surface area contributed by atoms with E-state index in [1.165, 1.54) is 29.8 Å². The Morgan fingerprint density at radius 3 is 2.44 bits per heavy atom. The van der Waals surface area contributed by atoms with Crippen molar-refractivity contribution in [2.24, 2.45) is 11.8 Å². The minimum absolute atomic E-state index is 0.0214. The normalized spacial score (nSPS) is 19.3. The molecule has 3 atom stereocenters. The van der Waals surface area contributed by atoms with Crippen molar-refractivity contribution in [2.75, 3.05) is 0 Å². The molecule has 1 aliphatic carbocycles. The third-order valence-electron chi connectivity index (χ3n) is 7.03. The minimum atomic E-state index is -5.96. The molecule has 14 heteroatoms. The first-order chi connectivity index (χ1) is 19.1. The van der Waals surface area contributed by atoms with Crippen LogP contribution in [0.5, 0.6) is 5.75 Å². The van der Waals surface area contributed by atoms with Crippen LogP contribution in [-0.4, -0.2) is 42.1 Å². The second-order valence-corrected chi connectivity index (χ2v) is 11.4. The topological polar surface area (TPSA) is 112 Å². The monoisotopic (exact) mass is 600 g/mol. The van der Waals surface area contributed by atoms with Crippen LogP contribution in [0.4, 0.5) is 22.0 Å². The molecule has 3 aromatic rings. The molecule has 0 bridgehead atoms. The van der Waals surface area contributed by atoms with E-state index in [9.17, 15) is 44.8 Å². The van der Waals surface area contributed by atoms with Gasteiger partial charge in [-0.05, 0) is 50.5 Å². The Morgan fingerprint density at radius 1 is 1.10 bits per heavy atom. The summed E-state index contributed by atoms with van der Waals surface area (Å²) in [6.07, 6.45) is -0.593. The van der Waals surface area contributed by atoms with Gasteiger partial charge in [-0.15, -0.1) is 0 Å². The molecule has 1 N–H and O–H groups in total. The van der Waals surface area contributed by atoms with E-state index in [0.717, 1.165) is 12.1 Å². The van der Waals surface area contributed by atoms with Crippen LogP contribution in [0.2, 0.25) is 0 Å². The van der Waals surface area contributed by atoms with Crippen LogP contribution < -0.4 is 9.50 Å². The highest BCUT2D eigenvalue weighted by Crippen LogP contribution is 2.36. The lowest BCUT2D eigenvalue weighted by atomic mass is 9.91. The van der Waals surface area contributed by atoms with Crippen LogP contribution in [0.25, 0.3) is 10.9 Å². The number of aromatic nitrogens is 1. The minimum Gasteiger partial charge on any atom is -0.376 e. The first kappa shape index (κ1) is 30.2. The van der Waals surface area contributed by atoms with Gasteiger partial charge in [-0.2, -0.15) is 21.6 Å². The summed E-state index contributed by atoms with van der Waals surface area (Å²) in [5.74, 6) is -4.89. The van der Waals surface area contributed by atoms with E-state index in [0.29, 0.717) is 5.56 Å². The Morgan fingerprint density at radius 2 is 1.78 bits per heavy atom. The maximum absolute atomic E-state index is 14.4. The molecule has 8 nitrogen and oxygen atoms in total. The Kier molecular flexibility index (Phi) is 8.25. The van der Waals surface area contributed by atoms with Crippen molar-refractivity contribution < 1.29 is 48.9 Å². The second-order valence-electron chi connectivity index (χ2n) is 9.90. The number of halogens is 5. The number of rotatable bonds is 9. The van der Waals surface area contributed by atoms with Gasteiger partial charge in [0.15, 0.2) is 11.6 Å². The maximum Gasteiger partial charge on any atom is 0.534 e. The molecule has 1 aliphatic rings. The first-order valence-corrected chi connectivity index (χ1v) is 13.8. The zero-order chi connectivity index (χ0) is 30.3. The molecular weight excluding hydrogens is 575 g/mol. The number of ketones is 2. The molecule has 1 aromatic heterocycles. The fourth-order valence-corrected chi connectivity index (χ4v) is 5.43. The van der Waals surface area contributed by atoms with E-state index < -0.39 is 69.2 Å². The second kappa shape index (κ2) is 11.2. The first-order valence-electron chi connectivity index (χ1n) is 12.4. The number of hydrogen-bond donors (Lipinski definition) is 1. The number of nitrogens with zero attached hydrogens (tertiary/aromatic N) is 1. The van der Waals surface area contributed by atoms with Gasteiger partial charge in [-0.1, -0.05) is 18.2 Å². The highest BCUT2D eigenvalue weighted by molar-refractivity contribution is 7.88. The van der Waals surface area contributed by atoms with E-state index in [4.69, 9.17) is 0 Å². The Hall–Kier alpha value is -3.81. The maximum atomic E-state index is 14.4. The molecule has 1 heterocycles. The summed E-state index contributed by atoms with van der Waals surface area (Å²) in [6, 6.07) is 7.75. The molecule has 220 valence electrons. The van der Waals surface area contributed by atoms with Crippen LogP contribution in [0.1, 0.15) is 41.3 Å². The summed E-state index contributed by atoms with van der Waals surface area (Å²) in [5.41, 5.74) is -4.87. The van der Waals surface area contributed by atoms with Crippen molar-refractivity contribution in [3.63, 3.8) is 0 Å². The number of carbonyl (C=O) groups is 3. The zero-order valence-electron chi connectivity index (χ0n) is 21.8. The fourth-order valence-electron chi connectivity index (χ4n) is 4.98. The van der Waals surface area contributed by atoms with Crippen molar-refractivity contribution in [2.45, 2.75) is 51.5 Å². The van der Waals surface area contributed by atoms with E-state index in [1.807, 2.05) is 0 Å². The largest absolute Gasteiger partial charge is 0.534 e. The lowest BCUT2D eigenvalue weighted by Crippen LogP contribution is -2.36. The molecule has 0 saturated heterocycles. The molecule has 1 amide bonds. The number of aryl methyl sites for hydroxylation is 1. The van der Waals surface area contributed by atoms with Crippen LogP contribution in [0.15, 0.2) is 42.6 Å². The molecule has 0 aliphatic heterocycles. The fraction of sp³-hybridized carbons (Fsp3) is 0.370. The number of nitrogens with one attached hydrogen (secondary N) is 1. The molecule has 2 aromatic carbocycles. The van der Waals surface area contributed by atoms with Gasteiger partial charge >= 0.3 is 15.6 Å². The predicted octanol–water partition coefficient (Wildman–Crippen LogP) is 4.77. The number of hydrogen-bond acceptors (Lipinski definition) is 6. The standard InChI is InChI=1S/C27H25F5N2O6S/c1-14-4-3-5-16(25(14)29)11-33-26(37)21-9-17(28)8-20(21)24(36)13-34-12-22(15(2)35)19-10-18(6-7-23(19)34)40-41(38,39)27(30,31)32/h3-7,10,12,17,20-21H,8-9,11,13H2,1-2H3,(H,33,37)/t17-,20?,21+/m0/s1. The van der Waals surface area contributed by atoms with Crippen molar-refractivity contribution in [1.29, 1.82) is 0 Å². The number of fused-ring (bicyclic) bond motifs is 1. The number of benzene rings is 2. The molecule has 1 saturated carbocycles. The molecular formula is C27H25F5N2O6S. The third-order valence-corrected chi connectivity index (χ3v) is 8.01. The number of Topliss-reactive ketones (excluding diaryl/α,β-unsaturated/α-hetero) is 2.